The van der Waals surface area contributed by atoms with Crippen LogP contribution < -0.4 is 46.1 Å². The number of rotatable bonds is 15. The number of aromatic hydroxyl groups is 3. The van der Waals surface area contributed by atoms with Crippen LogP contribution in [0.2, 0.25) is 0 Å². The van der Waals surface area contributed by atoms with Crippen LogP contribution in [0.5, 0.6) is 17.2 Å². The smallest absolute Gasteiger partial charge is 0.283 e. The van der Waals surface area contributed by atoms with Crippen LogP contribution in [-0.2, 0) is 38.2 Å². The van der Waals surface area contributed by atoms with Crippen LogP contribution in [0.25, 0.3) is 83.7 Å². The molecule has 0 bridgehead atoms. The van der Waals surface area contributed by atoms with Crippen molar-refractivity contribution in [1.82, 2.24) is 53.3 Å². The fourth-order valence-corrected chi connectivity index (χ4v) is 21.7. The van der Waals surface area contributed by atoms with Crippen molar-refractivity contribution in [3.05, 3.63) is 253 Å². The maximum absolute atomic E-state index is 17.3. The van der Waals surface area contributed by atoms with E-state index in [1.807, 2.05) is 69.2 Å². The lowest BCUT2D eigenvalue weighted by Gasteiger charge is -2.56. The highest BCUT2D eigenvalue weighted by molar-refractivity contribution is 6.17. The third kappa shape index (κ3) is 16.1. The fourth-order valence-electron chi connectivity index (χ4n) is 21.7. The first kappa shape index (κ1) is 101. The number of benzene rings is 4. The maximum Gasteiger partial charge on any atom is 0.283 e. The molecule has 758 valence electrons. The van der Waals surface area contributed by atoms with Gasteiger partial charge in [-0.2, -0.15) is 0 Å². The lowest BCUT2D eigenvalue weighted by molar-refractivity contribution is -0.136. The van der Waals surface area contributed by atoms with Crippen molar-refractivity contribution in [2.24, 2.45) is 0 Å². The number of ether oxygens (including phenoxy) is 2. The highest BCUT2D eigenvalue weighted by Gasteiger charge is 2.58. The Morgan fingerprint density at radius 3 is 1.25 bits per heavy atom. The van der Waals surface area contributed by atoms with E-state index < -0.39 is 180 Å². The Balaban J connectivity index is 0.000000144. The predicted molar refractivity (Wildman–Crippen MR) is 535 cm³/mol. The molecule has 5 saturated heterocycles. The van der Waals surface area contributed by atoms with E-state index in [4.69, 9.17) is 9.47 Å². The Labute approximate surface area is 832 Å². The van der Waals surface area contributed by atoms with Crippen molar-refractivity contribution < 1.29 is 89.4 Å². The van der Waals surface area contributed by atoms with E-state index in [1.54, 1.807) is 64.0 Å². The van der Waals surface area contributed by atoms with Gasteiger partial charge in [0.2, 0.25) is 17.7 Å². The number of phenols is 3. The van der Waals surface area contributed by atoms with Crippen molar-refractivity contribution >= 4 is 103 Å². The van der Waals surface area contributed by atoms with Crippen LogP contribution in [0.15, 0.2) is 162 Å². The first-order valence-corrected chi connectivity index (χ1v) is 47.9. The number of aliphatic hydroxyl groups is 1. The molecule has 20 rings (SSSR count). The van der Waals surface area contributed by atoms with Crippen molar-refractivity contribution in [3.8, 4) is 68.0 Å². The molecule has 0 saturated carbocycles. The van der Waals surface area contributed by atoms with Gasteiger partial charge in [0.25, 0.3) is 34.4 Å². The number of hydrogen-bond acceptors (Lipinski definition) is 23. The molecule has 6 atom stereocenters. The van der Waals surface area contributed by atoms with Gasteiger partial charge in [-0.15, -0.1) is 0 Å². The molecule has 6 unspecified atom stereocenters. The van der Waals surface area contributed by atoms with Crippen LogP contribution in [0.1, 0.15) is 127 Å². The molecule has 12 aromatic rings. The Morgan fingerprint density at radius 2 is 0.849 bits per heavy atom. The summed E-state index contributed by atoms with van der Waals surface area (Å²) in [6, 6.07) is 14.8. The normalized spacial score (nSPS) is 19.4. The summed E-state index contributed by atoms with van der Waals surface area (Å²) in [5.74, 6) is -12.3. The monoisotopic (exact) mass is 2000 g/mol. The number of hydrogen-bond donors (Lipinski definition) is 4. The summed E-state index contributed by atoms with van der Waals surface area (Å²) in [6.45, 7) is 33.0. The highest BCUT2D eigenvalue weighted by atomic mass is 19.2. The number of anilines is 6. The quantitative estimate of drug-likeness (QED) is 0.0547. The van der Waals surface area contributed by atoms with Gasteiger partial charge in [0.15, 0.2) is 34.3 Å². The molecular formula is C107H106F7N17O15. The zero-order valence-corrected chi connectivity index (χ0v) is 82.2. The molecular weight excluding hydrogens is 1900 g/mol. The third-order valence-electron chi connectivity index (χ3n) is 28.9. The number of pyridine rings is 8. The Hall–Kier alpha value is -15.5. The van der Waals surface area contributed by atoms with Crippen LogP contribution in [-0.4, -0.2) is 236 Å². The number of aliphatic hydroxyl groups excluding tert-OH is 1. The Kier molecular flexibility index (Phi) is 26.6. The predicted octanol–water partition coefficient (Wildman–Crippen LogP) is 13.7. The second-order valence-corrected chi connectivity index (χ2v) is 38.8. The van der Waals surface area contributed by atoms with Gasteiger partial charge >= 0.3 is 0 Å². The maximum atomic E-state index is 17.3. The second kappa shape index (κ2) is 38.6. The van der Waals surface area contributed by atoms with Gasteiger partial charge in [0, 0.05) is 98.8 Å². The van der Waals surface area contributed by atoms with Crippen LogP contribution in [0, 0.1) is 61.5 Å². The number of carbonyl (C=O) groups excluding carboxylic acids is 6. The first-order chi connectivity index (χ1) is 69.6. The van der Waals surface area contributed by atoms with Crippen molar-refractivity contribution in [1.29, 1.82) is 0 Å². The van der Waals surface area contributed by atoms with Gasteiger partial charge in [0.05, 0.1) is 124 Å². The van der Waals surface area contributed by atoms with Crippen LogP contribution in [0.4, 0.5) is 64.9 Å². The number of likely N-dealkylation sites (N-methyl/N-ethyl adjacent to an activating group) is 1. The van der Waals surface area contributed by atoms with E-state index in [1.165, 1.54) is 96.6 Å². The van der Waals surface area contributed by atoms with E-state index in [0.29, 0.717) is 76.9 Å². The topological polar surface area (TPSA) is 361 Å². The molecule has 0 spiro atoms. The number of carbonyl (C=O) groups is 6. The van der Waals surface area contributed by atoms with Crippen molar-refractivity contribution in [2.45, 2.75) is 162 Å². The molecule has 39 heteroatoms. The minimum Gasteiger partial charge on any atom is -0.507 e. The number of phenolic OH excluding ortho intramolecular Hbond substituents is 3. The molecule has 0 radical (unpaired) electrons. The van der Waals surface area contributed by atoms with Crippen molar-refractivity contribution in [3.63, 3.8) is 0 Å². The molecule has 5 fully saturated rings. The molecule has 0 aliphatic carbocycles. The van der Waals surface area contributed by atoms with Crippen LogP contribution in [0.3, 0.4) is 0 Å². The Morgan fingerprint density at radius 1 is 0.459 bits per heavy atom. The number of nitrogens with zero attached hydrogens (tertiary/aromatic N) is 17. The van der Waals surface area contributed by atoms with Gasteiger partial charge in [-0.25, -0.2) is 40.7 Å². The first-order valence-electron chi connectivity index (χ1n) is 47.9. The molecule has 8 aromatic heterocycles. The number of aryl methyl sites for hydroxylation is 3. The summed E-state index contributed by atoms with van der Waals surface area (Å²) < 4.78 is 127. The summed E-state index contributed by atoms with van der Waals surface area (Å²) in [5, 5.41) is 43.0. The fraction of sp³-hybridized carbons (Fsp3) is 0.346. The lowest BCUT2D eigenvalue weighted by Crippen LogP contribution is -2.75. The van der Waals surface area contributed by atoms with Crippen molar-refractivity contribution in [2.75, 3.05) is 109 Å². The van der Waals surface area contributed by atoms with Gasteiger partial charge < -0.3 is 69.1 Å². The average Bonchev–Trinajstić information content (AvgIpc) is 0.827. The zero-order chi connectivity index (χ0) is 105. The van der Waals surface area contributed by atoms with E-state index >= 15 is 40.3 Å². The molecule has 8 aliphatic heterocycles. The van der Waals surface area contributed by atoms with E-state index in [9.17, 15) is 54.0 Å². The number of amides is 6. The number of aromatic nitrogens is 8. The molecule has 16 heterocycles. The largest absolute Gasteiger partial charge is 0.507 e. The molecule has 6 amide bonds. The standard InChI is InChI=1S/C37H38F2N6O5.C35H34F3N5O5.C35H34F2N6O5/c1-6-28(47)42-18-26-36(48)44(22-11-14-50-15-12-22)34-33(43(26)17-21(42)5)23-16-25(39)31(29-24(38)8-7-9-27(29)46)41-35(23)45(37(34)49)32-20(4)10-13-40-30(32)19(2)3;1-7-24(46)41-15-35(16-44)34(48)40(6)32-31(42(35)14-19(41)5)20-13-22(37)26(25-21(36)9-8-10-23(25)45)27(38)30(20)43(33(32)47)29-18(4)11-12-39-28(29)17(2)3;1-6-26(45)40-14-24-34(46)42(20-15-48-16-20)32-31(41(24)13-19(40)5)21-12-23(37)29(27-22(36)8-7-9-25(27)44)39-33(21)43(35(32)47)30-18(4)10-11-38-28(30)17(2)3/h6-10,13,16,19,21-22,26,46H,1,11-12,14-15,17-18H2,2-5H3;7-13,17,19,44-45H,1,14-16H2,2-6H3;6-12,17,19-20,24,44H,1,13-16H2,2-5H3. The van der Waals surface area contributed by atoms with E-state index in [2.05, 4.69) is 44.7 Å². The molecule has 4 aromatic carbocycles. The number of halogens is 7. The Bertz CT molecular complexity index is 7700. The average molecular weight is 2000 g/mol. The zero-order valence-electron chi connectivity index (χ0n) is 82.2. The van der Waals surface area contributed by atoms with Gasteiger partial charge in [-0.1, -0.05) is 79.5 Å². The number of fused-ring (bicyclic) bond motifs is 15. The SMILES string of the molecule is C=CC(=O)N1CC2(CO)C(=O)N(C)c3c(c4cc(F)c(-c5c(O)cccc5F)c(F)c4n(-c4c(C)ccnc4C(C)C)c3=O)N2CC1C.C=CC(=O)N1CC2C(=O)N(C3CCOCC3)c3c(c4cc(F)c(-c5c(O)cccc5F)nc4n(-c4c(C)ccnc4C(C)C)c3=O)N2CC1C.C=CC(=O)N1CC2C(=O)N(C3COC3)c3c(c4cc(F)c(-c5c(O)cccc5F)nc4n(-c4c(C)ccnc4C(C)C)c3=O)N2CC1C. The van der Waals surface area contributed by atoms with E-state index in [0.717, 1.165) is 45.9 Å². The molecule has 8 aliphatic rings. The minimum atomic E-state index is -1.83. The molecule has 146 heavy (non-hydrogen) atoms. The summed E-state index contributed by atoms with van der Waals surface area (Å²) in [7, 11) is 1.32. The van der Waals surface area contributed by atoms with Gasteiger partial charge in [-0.05, 0) is 180 Å². The summed E-state index contributed by atoms with van der Waals surface area (Å²) in [6.07, 6.45) is 9.22. The third-order valence-corrected chi connectivity index (χ3v) is 28.9. The van der Waals surface area contributed by atoms with Gasteiger partial charge in [0.1, 0.15) is 81.1 Å². The van der Waals surface area contributed by atoms with Crippen LogP contribution >= 0.6 is 0 Å². The summed E-state index contributed by atoms with van der Waals surface area (Å²) in [4.78, 5) is 164. The lowest BCUT2D eigenvalue weighted by atomic mass is 9.85. The number of piperazine rings is 3. The minimum absolute atomic E-state index is 0.00285. The molecule has 32 nitrogen and oxygen atoms in total. The van der Waals surface area contributed by atoms with E-state index in [-0.39, 0.29) is 155 Å². The van der Waals surface area contributed by atoms with Gasteiger partial charge in [-0.3, -0.25) is 76.7 Å². The summed E-state index contributed by atoms with van der Waals surface area (Å²) >= 11 is 0. The summed E-state index contributed by atoms with van der Waals surface area (Å²) in [5.41, 5.74) is -3.01. The molecule has 4 N–H and O–H groups in total. The second-order valence-electron chi connectivity index (χ2n) is 38.8. The highest BCUT2D eigenvalue weighted by Crippen LogP contribution is 2.53.